The van der Waals surface area contributed by atoms with Gasteiger partial charge in [0.25, 0.3) is 0 Å². The van der Waals surface area contributed by atoms with Crippen molar-refractivity contribution in [3.63, 3.8) is 0 Å². The highest BCUT2D eigenvalue weighted by Gasteiger charge is 2.20. The number of Topliss-reactive ketones (excluding diaryl/α,β-unsaturated/α-hetero) is 1. The molecule has 1 unspecified atom stereocenters. The Morgan fingerprint density at radius 2 is 1.86 bits per heavy atom. The molecule has 1 atom stereocenters. The number of carbonyl (C=O) groups excluding carboxylic acids is 2. The smallest absolute Gasteiger partial charge is 0.224 e. The molecule has 0 saturated heterocycles. The first kappa shape index (κ1) is 20.8. The van der Waals surface area contributed by atoms with Crippen LogP contribution in [0.2, 0.25) is 0 Å². The standard InChI is InChI=1S/C22H24N4O2S/c1-4-7-20(27)24-18-12-10-17(11-13-18)21(28)16(3)29-22-25-23-14-26(22)19-9-6-5-8-15(19)2/h5-6,8-14,16H,4,7H2,1-3H3,(H,24,27). The molecule has 1 heterocycles. The quantitative estimate of drug-likeness (QED) is 0.433. The van der Waals surface area contributed by atoms with Crippen LogP contribution in [-0.4, -0.2) is 31.7 Å². The number of aromatic nitrogens is 3. The summed E-state index contributed by atoms with van der Waals surface area (Å²) >= 11 is 1.37. The Bertz CT molecular complexity index is 998. The third-order valence-corrected chi connectivity index (χ3v) is 5.53. The van der Waals surface area contributed by atoms with E-state index < -0.39 is 0 Å². The average Bonchev–Trinajstić information content (AvgIpc) is 3.16. The average molecular weight is 409 g/mol. The predicted molar refractivity (Wildman–Crippen MR) is 116 cm³/mol. The summed E-state index contributed by atoms with van der Waals surface area (Å²) in [5.41, 5.74) is 3.39. The van der Waals surface area contributed by atoms with E-state index in [1.54, 1.807) is 30.6 Å². The van der Waals surface area contributed by atoms with Gasteiger partial charge in [0, 0.05) is 17.7 Å². The van der Waals surface area contributed by atoms with Gasteiger partial charge in [0.15, 0.2) is 10.9 Å². The van der Waals surface area contributed by atoms with Gasteiger partial charge in [-0.25, -0.2) is 0 Å². The van der Waals surface area contributed by atoms with Gasteiger partial charge < -0.3 is 5.32 Å². The molecule has 1 aromatic heterocycles. The number of aryl methyl sites for hydroxylation is 1. The van der Waals surface area contributed by atoms with Crippen LogP contribution in [0.25, 0.3) is 5.69 Å². The predicted octanol–water partition coefficient (Wildman–Crippen LogP) is 4.68. The maximum absolute atomic E-state index is 12.9. The van der Waals surface area contributed by atoms with Gasteiger partial charge in [0.2, 0.25) is 5.91 Å². The van der Waals surface area contributed by atoms with Crippen LogP contribution in [0.4, 0.5) is 5.69 Å². The number of para-hydroxylation sites is 1. The molecular formula is C22H24N4O2S. The second kappa shape index (κ2) is 9.52. The number of rotatable bonds is 8. The zero-order valence-corrected chi connectivity index (χ0v) is 17.6. The Morgan fingerprint density at radius 1 is 1.14 bits per heavy atom. The largest absolute Gasteiger partial charge is 0.326 e. The molecule has 6 nitrogen and oxygen atoms in total. The summed E-state index contributed by atoms with van der Waals surface area (Å²) in [7, 11) is 0. The van der Waals surface area contributed by atoms with E-state index in [0.717, 1.165) is 17.7 Å². The lowest BCUT2D eigenvalue weighted by molar-refractivity contribution is -0.116. The van der Waals surface area contributed by atoms with E-state index >= 15 is 0 Å². The van der Waals surface area contributed by atoms with E-state index in [1.165, 1.54) is 11.8 Å². The van der Waals surface area contributed by atoms with Gasteiger partial charge in [-0.2, -0.15) is 0 Å². The minimum Gasteiger partial charge on any atom is -0.326 e. The van der Waals surface area contributed by atoms with Crippen molar-refractivity contribution in [2.75, 3.05) is 5.32 Å². The molecule has 1 amide bonds. The number of nitrogens with one attached hydrogen (secondary N) is 1. The molecule has 0 spiro atoms. The molecule has 150 valence electrons. The fourth-order valence-corrected chi connectivity index (χ4v) is 3.83. The number of nitrogens with zero attached hydrogens (tertiary/aromatic N) is 3. The third kappa shape index (κ3) is 5.12. The SMILES string of the molecule is CCCC(=O)Nc1ccc(C(=O)C(C)Sc2nncn2-c2ccccc2C)cc1. The monoisotopic (exact) mass is 408 g/mol. The summed E-state index contributed by atoms with van der Waals surface area (Å²) < 4.78 is 1.90. The van der Waals surface area contributed by atoms with Crippen molar-refractivity contribution in [3.05, 3.63) is 66.0 Å². The van der Waals surface area contributed by atoms with E-state index in [0.29, 0.717) is 22.8 Å². The zero-order valence-electron chi connectivity index (χ0n) is 16.8. The molecule has 3 rings (SSSR count). The van der Waals surface area contributed by atoms with E-state index in [2.05, 4.69) is 15.5 Å². The molecular weight excluding hydrogens is 384 g/mol. The van der Waals surface area contributed by atoms with E-state index in [4.69, 9.17) is 0 Å². The molecule has 29 heavy (non-hydrogen) atoms. The van der Waals surface area contributed by atoms with Crippen LogP contribution in [0.5, 0.6) is 0 Å². The van der Waals surface area contributed by atoms with Crippen molar-refractivity contribution >= 4 is 29.1 Å². The maximum atomic E-state index is 12.9. The summed E-state index contributed by atoms with van der Waals surface area (Å²) in [4.78, 5) is 24.5. The second-order valence-electron chi connectivity index (χ2n) is 6.77. The Balaban J connectivity index is 1.70. The topological polar surface area (TPSA) is 76.9 Å². The Hall–Kier alpha value is -2.93. The maximum Gasteiger partial charge on any atom is 0.224 e. The van der Waals surface area contributed by atoms with Gasteiger partial charge in [-0.3, -0.25) is 14.2 Å². The summed E-state index contributed by atoms with van der Waals surface area (Å²) in [6.45, 7) is 5.85. The third-order valence-electron chi connectivity index (χ3n) is 4.47. The molecule has 0 fully saturated rings. The van der Waals surface area contributed by atoms with Crippen LogP contribution in [0, 0.1) is 6.92 Å². The highest BCUT2D eigenvalue weighted by Crippen LogP contribution is 2.27. The number of benzene rings is 2. The summed E-state index contributed by atoms with van der Waals surface area (Å²) in [6.07, 6.45) is 2.94. The lowest BCUT2D eigenvalue weighted by Crippen LogP contribution is -2.15. The van der Waals surface area contributed by atoms with Crippen LogP contribution in [-0.2, 0) is 4.79 Å². The first-order chi connectivity index (χ1) is 14.0. The van der Waals surface area contributed by atoms with Crippen LogP contribution in [0.15, 0.2) is 60.0 Å². The second-order valence-corrected chi connectivity index (χ2v) is 8.08. The molecule has 1 N–H and O–H groups in total. The number of hydrogen-bond donors (Lipinski definition) is 1. The van der Waals surface area contributed by atoms with E-state index in [-0.39, 0.29) is 16.9 Å². The number of hydrogen-bond acceptors (Lipinski definition) is 5. The van der Waals surface area contributed by atoms with Crippen LogP contribution >= 0.6 is 11.8 Å². The fourth-order valence-electron chi connectivity index (χ4n) is 2.92. The minimum absolute atomic E-state index is 0.000711. The van der Waals surface area contributed by atoms with Gasteiger partial charge in [-0.15, -0.1) is 10.2 Å². The molecule has 7 heteroatoms. The van der Waals surface area contributed by atoms with Crippen LogP contribution in [0.3, 0.4) is 0 Å². The minimum atomic E-state index is -0.331. The van der Waals surface area contributed by atoms with Gasteiger partial charge in [-0.1, -0.05) is 36.9 Å². The van der Waals surface area contributed by atoms with Crippen molar-refractivity contribution in [2.45, 2.75) is 44.0 Å². The molecule has 0 aliphatic heterocycles. The molecule has 0 radical (unpaired) electrons. The number of ketones is 1. The first-order valence-corrected chi connectivity index (χ1v) is 10.4. The zero-order chi connectivity index (χ0) is 20.8. The van der Waals surface area contributed by atoms with E-state index in [1.807, 2.05) is 49.6 Å². The lowest BCUT2D eigenvalue weighted by Gasteiger charge is -2.13. The van der Waals surface area contributed by atoms with Gasteiger partial charge in [-0.05, 0) is 56.2 Å². The summed E-state index contributed by atoms with van der Waals surface area (Å²) in [6, 6.07) is 15.0. The van der Waals surface area contributed by atoms with Crippen LogP contribution in [0.1, 0.15) is 42.6 Å². The highest BCUT2D eigenvalue weighted by atomic mass is 32.2. The highest BCUT2D eigenvalue weighted by molar-refractivity contribution is 8.00. The van der Waals surface area contributed by atoms with Crippen LogP contribution < -0.4 is 5.32 Å². The molecule has 0 bridgehead atoms. The number of carbonyl (C=O) groups is 2. The molecule has 0 saturated carbocycles. The number of amides is 1. The van der Waals surface area contributed by atoms with Crippen molar-refractivity contribution in [2.24, 2.45) is 0 Å². The molecule has 3 aromatic rings. The van der Waals surface area contributed by atoms with Crippen molar-refractivity contribution in [3.8, 4) is 5.69 Å². The lowest BCUT2D eigenvalue weighted by atomic mass is 10.1. The van der Waals surface area contributed by atoms with Gasteiger partial charge >= 0.3 is 0 Å². The van der Waals surface area contributed by atoms with Crippen molar-refractivity contribution < 1.29 is 9.59 Å². The molecule has 2 aromatic carbocycles. The first-order valence-electron chi connectivity index (χ1n) is 9.56. The number of anilines is 1. The Kier molecular flexibility index (Phi) is 6.82. The van der Waals surface area contributed by atoms with Gasteiger partial charge in [0.1, 0.15) is 6.33 Å². The van der Waals surface area contributed by atoms with E-state index in [9.17, 15) is 9.59 Å². The van der Waals surface area contributed by atoms with Gasteiger partial charge in [0.05, 0.1) is 10.9 Å². The number of thioether (sulfide) groups is 1. The Labute approximate surface area is 174 Å². The summed E-state index contributed by atoms with van der Waals surface area (Å²) in [5.74, 6) is -0.0215. The van der Waals surface area contributed by atoms with Crippen molar-refractivity contribution in [1.29, 1.82) is 0 Å². The normalized spacial score (nSPS) is 11.8. The molecule has 0 aliphatic carbocycles. The Morgan fingerprint density at radius 3 is 2.55 bits per heavy atom. The van der Waals surface area contributed by atoms with Crippen molar-refractivity contribution in [1.82, 2.24) is 14.8 Å². The fraction of sp³-hybridized carbons (Fsp3) is 0.273. The summed E-state index contributed by atoms with van der Waals surface area (Å²) in [5, 5.41) is 11.4. The molecule has 0 aliphatic rings.